The summed E-state index contributed by atoms with van der Waals surface area (Å²) in [6.07, 6.45) is 0. The molecule has 5 aromatic carbocycles. The summed E-state index contributed by atoms with van der Waals surface area (Å²) in [5.74, 6) is 4.15. The van der Waals surface area contributed by atoms with Crippen molar-refractivity contribution >= 4 is 117 Å². The first-order valence-electron chi connectivity index (χ1n) is 13.8. The summed E-state index contributed by atoms with van der Waals surface area (Å²) < 4.78 is 0. The van der Waals surface area contributed by atoms with Gasteiger partial charge in [0.15, 0.2) is 0 Å². The van der Waals surface area contributed by atoms with Gasteiger partial charge in [-0.3, -0.25) is 0 Å². The Morgan fingerprint density at radius 1 is 0.500 bits per heavy atom. The van der Waals surface area contributed by atoms with E-state index in [4.69, 9.17) is 44.2 Å². The van der Waals surface area contributed by atoms with Crippen LogP contribution in [0.25, 0.3) is 0 Å². The molecule has 0 aliphatic heterocycles. The molecule has 0 aliphatic rings. The Bertz CT molecular complexity index is 1460. The largest absolute Gasteiger partial charge is 0.175 e. The van der Waals surface area contributed by atoms with Crippen molar-refractivity contribution in [3.63, 3.8) is 0 Å². The van der Waals surface area contributed by atoms with Gasteiger partial charge in [0.2, 0.25) is 0 Å². The van der Waals surface area contributed by atoms with E-state index in [9.17, 15) is 0 Å². The van der Waals surface area contributed by atoms with E-state index >= 15 is 0 Å². The predicted octanol–water partition coefficient (Wildman–Crippen LogP) is 12.1. The van der Waals surface area contributed by atoms with Gasteiger partial charge in [-0.05, 0) is 102 Å². The number of halogens is 3. The molecule has 0 radical (unpaired) electrons. The van der Waals surface area contributed by atoms with Crippen molar-refractivity contribution in [2.75, 3.05) is 0 Å². The zero-order valence-corrected chi connectivity index (χ0v) is 33.9. The normalized spacial score (nSPS) is 10.5. The van der Waals surface area contributed by atoms with Crippen LogP contribution >= 0.6 is 67.5 Å². The summed E-state index contributed by atoms with van der Waals surface area (Å²) >= 11 is 24.3. The second-order valence-electron chi connectivity index (χ2n) is 9.27. The molecular weight excluding hydrogens is 783 g/mol. The third kappa shape index (κ3) is 23.7. The van der Waals surface area contributed by atoms with E-state index in [0.29, 0.717) is 10.2 Å². The van der Waals surface area contributed by atoms with Gasteiger partial charge in [-0.25, -0.2) is 0 Å². The average Bonchev–Trinajstić information content (AvgIpc) is 3.07. The summed E-state index contributed by atoms with van der Waals surface area (Å²) in [5, 5.41) is 0. The molecule has 0 fully saturated rings. The van der Waals surface area contributed by atoms with Crippen LogP contribution in [0.1, 0.15) is 27.8 Å². The van der Waals surface area contributed by atoms with Gasteiger partial charge in [-0.1, -0.05) is 159 Å². The number of rotatable bonds is 8. The molecular formula is C35H37Cl3S8. The Morgan fingerprint density at radius 3 is 0.957 bits per heavy atom. The van der Waals surface area contributed by atoms with Gasteiger partial charge in [0.25, 0.3) is 0 Å². The Labute approximate surface area is 321 Å². The summed E-state index contributed by atoms with van der Waals surface area (Å²) in [5.41, 5.74) is 6.27. The Kier molecular flexibility index (Phi) is 26.6. The summed E-state index contributed by atoms with van der Waals surface area (Å²) in [4.78, 5) is 0. The molecule has 46 heavy (non-hydrogen) atoms. The van der Waals surface area contributed by atoms with Crippen LogP contribution in [-0.4, -0.2) is 0 Å². The van der Waals surface area contributed by atoms with Crippen LogP contribution in [0.4, 0.5) is 0 Å². The van der Waals surface area contributed by atoms with E-state index in [-0.39, 0.29) is 0 Å². The molecule has 11 heteroatoms. The number of benzene rings is 5. The van der Waals surface area contributed by atoms with E-state index in [1.165, 1.54) is 27.8 Å². The highest BCUT2D eigenvalue weighted by molar-refractivity contribution is 8.55. The monoisotopic (exact) mass is 818 g/mol. The van der Waals surface area contributed by atoms with E-state index in [0.717, 1.165) is 28.8 Å². The molecule has 0 amide bonds. The molecule has 5 aromatic rings. The maximum Gasteiger partial charge on any atom is 0.0523 e. The van der Waals surface area contributed by atoms with Crippen LogP contribution in [0.3, 0.4) is 0 Å². The fourth-order valence-electron chi connectivity index (χ4n) is 3.58. The SMILES string of the molecule is ClSCl.S=S(=S)(Cc1ccccc1)Cc1ccccc1.S=S(Cl)Cc1ccccc1.SCc1ccccc1.SCc1ccccc1. The van der Waals surface area contributed by atoms with E-state index in [1.807, 2.05) is 103 Å². The van der Waals surface area contributed by atoms with Gasteiger partial charge in [0.1, 0.15) is 0 Å². The van der Waals surface area contributed by atoms with Gasteiger partial charge < -0.3 is 0 Å². The minimum atomic E-state index is -1.42. The van der Waals surface area contributed by atoms with Gasteiger partial charge in [0.05, 0.1) is 10.2 Å². The van der Waals surface area contributed by atoms with Crippen LogP contribution in [0, 0.1) is 0 Å². The van der Waals surface area contributed by atoms with Crippen molar-refractivity contribution in [1.29, 1.82) is 0 Å². The van der Waals surface area contributed by atoms with E-state index in [1.54, 1.807) is 0 Å². The molecule has 0 heterocycles. The fraction of sp³-hybridized carbons (Fsp3) is 0.143. The maximum absolute atomic E-state index is 5.65. The summed E-state index contributed by atoms with van der Waals surface area (Å²) in [6, 6.07) is 51.0. The first-order valence-corrected chi connectivity index (χ1v) is 24.5. The quantitative estimate of drug-likeness (QED) is 0.118. The van der Waals surface area contributed by atoms with Gasteiger partial charge in [-0.2, -0.15) is 25.3 Å². The molecule has 0 aromatic heterocycles. The standard InChI is InChI=1S/C14H14S3.C7H7ClS2.2C7H8S.Cl2S/c15-17(16,11-13-7-3-1-4-8-13)12-14-9-5-2-6-10-14;8-10(9)6-7-4-2-1-3-5-7;2*8-6-7-4-2-1-3-5-7;1-3-2/h1-10H,11-12H2;1-5H,6H2;2*1-5,8H,6H2;. The molecule has 0 N–H and O–H groups in total. The third-order valence-corrected chi connectivity index (χ3v) is 10.6. The van der Waals surface area contributed by atoms with Crippen LogP contribution in [0.15, 0.2) is 152 Å². The van der Waals surface area contributed by atoms with E-state index in [2.05, 4.69) is 95.2 Å². The smallest absolute Gasteiger partial charge is 0.0523 e. The number of hydrogen-bond acceptors (Lipinski definition) is 6. The predicted molar refractivity (Wildman–Crippen MR) is 231 cm³/mol. The molecule has 0 bridgehead atoms. The molecule has 5 rings (SSSR count). The number of hydrogen-bond donors (Lipinski definition) is 2. The molecule has 246 valence electrons. The van der Waals surface area contributed by atoms with Crippen molar-refractivity contribution in [3.8, 4) is 0 Å². The van der Waals surface area contributed by atoms with Crippen molar-refractivity contribution in [2.24, 2.45) is 0 Å². The molecule has 0 nitrogen and oxygen atoms in total. The highest BCUT2D eigenvalue weighted by Crippen LogP contribution is 2.13. The molecule has 0 saturated carbocycles. The lowest BCUT2D eigenvalue weighted by Gasteiger charge is -2.10. The highest BCUT2D eigenvalue weighted by atomic mass is 36.0. The highest BCUT2D eigenvalue weighted by Gasteiger charge is 2.05. The average molecular weight is 821 g/mol. The molecule has 1 atom stereocenters. The minimum Gasteiger partial charge on any atom is -0.175 e. The van der Waals surface area contributed by atoms with Gasteiger partial charge in [0, 0.05) is 28.8 Å². The first-order chi connectivity index (χ1) is 22.2. The van der Waals surface area contributed by atoms with Crippen molar-refractivity contribution in [2.45, 2.75) is 28.8 Å². The fourth-order valence-corrected chi connectivity index (χ4v) is 8.38. The minimum absolute atomic E-state index is 0.411. The third-order valence-electron chi connectivity index (χ3n) is 5.63. The molecule has 1 unspecified atom stereocenters. The second kappa shape index (κ2) is 28.2. The first kappa shape index (κ1) is 43.4. The van der Waals surface area contributed by atoms with Crippen molar-refractivity contribution in [1.82, 2.24) is 0 Å². The van der Waals surface area contributed by atoms with Crippen molar-refractivity contribution < 1.29 is 0 Å². The van der Waals surface area contributed by atoms with Gasteiger partial charge in [-0.15, -0.1) is 0 Å². The second-order valence-corrected chi connectivity index (χ2v) is 21.7. The topological polar surface area (TPSA) is 0 Å². The van der Waals surface area contributed by atoms with Crippen molar-refractivity contribution in [3.05, 3.63) is 179 Å². The Balaban J connectivity index is 0.000000314. The maximum atomic E-state index is 5.65. The molecule has 0 saturated heterocycles. The van der Waals surface area contributed by atoms with Crippen LogP contribution in [0.5, 0.6) is 0 Å². The summed E-state index contributed by atoms with van der Waals surface area (Å²) in [7, 11) is 13.9. The molecule has 0 aliphatic carbocycles. The van der Waals surface area contributed by atoms with Crippen LogP contribution < -0.4 is 0 Å². The Morgan fingerprint density at radius 2 is 0.739 bits per heavy atom. The zero-order chi connectivity index (χ0) is 33.9. The molecule has 0 spiro atoms. The van der Waals surface area contributed by atoms with Crippen LogP contribution in [0.2, 0.25) is 0 Å². The Hall–Kier alpha value is -0.620. The lowest BCUT2D eigenvalue weighted by Crippen LogP contribution is -2.04. The summed E-state index contributed by atoms with van der Waals surface area (Å²) in [6.45, 7) is 0. The van der Waals surface area contributed by atoms with Gasteiger partial charge >= 0.3 is 0 Å². The lowest BCUT2D eigenvalue weighted by molar-refractivity contribution is 1.36. The zero-order valence-electron chi connectivity index (χ0n) is 24.9. The van der Waals surface area contributed by atoms with Crippen LogP contribution in [-0.2, 0) is 78.1 Å². The van der Waals surface area contributed by atoms with E-state index < -0.39 is 15.8 Å². The lowest BCUT2D eigenvalue weighted by atomic mass is 10.2. The number of thiol groups is 2.